The maximum Gasteiger partial charge on any atom is 0.542 e. The zero-order chi connectivity index (χ0) is 16.5. The molecular formula is C16H32O5. The third kappa shape index (κ3) is 8.27. The molecule has 0 amide bonds. The minimum atomic E-state index is -0.866. The lowest BCUT2D eigenvalue weighted by Crippen LogP contribution is -2.39. The van der Waals surface area contributed by atoms with Crippen LogP contribution in [0.5, 0.6) is 0 Å². The molecule has 1 atom stereocenters. The summed E-state index contributed by atoms with van der Waals surface area (Å²) >= 11 is 0. The summed E-state index contributed by atoms with van der Waals surface area (Å²) in [5.41, 5.74) is -0.756. The van der Waals surface area contributed by atoms with E-state index in [0.29, 0.717) is 12.5 Å². The Bertz CT molecular complexity index is 294. The van der Waals surface area contributed by atoms with Gasteiger partial charge in [-0.15, -0.1) is 0 Å². The molecule has 0 saturated heterocycles. The van der Waals surface area contributed by atoms with Crippen LogP contribution < -0.4 is 0 Å². The van der Waals surface area contributed by atoms with Gasteiger partial charge in [-0.05, 0) is 36.6 Å². The number of unbranched alkanes of at least 4 members (excludes halogenated alkanes) is 1. The number of rotatable bonds is 9. The second-order valence-electron chi connectivity index (χ2n) is 6.97. The van der Waals surface area contributed by atoms with Crippen LogP contribution in [0.2, 0.25) is 0 Å². The van der Waals surface area contributed by atoms with E-state index in [0.717, 1.165) is 25.7 Å². The van der Waals surface area contributed by atoms with Gasteiger partial charge >= 0.3 is 6.16 Å². The van der Waals surface area contributed by atoms with Gasteiger partial charge in [0.15, 0.2) is 0 Å². The fourth-order valence-corrected chi connectivity index (χ4v) is 1.36. The van der Waals surface area contributed by atoms with Gasteiger partial charge in [-0.25, -0.2) is 9.68 Å². The topological polar surface area (TPSA) is 54.0 Å². The molecular weight excluding hydrogens is 272 g/mol. The molecule has 0 rings (SSSR count). The van der Waals surface area contributed by atoms with Crippen LogP contribution in [0.15, 0.2) is 0 Å². The van der Waals surface area contributed by atoms with Crippen molar-refractivity contribution in [3.05, 3.63) is 0 Å². The highest BCUT2D eigenvalue weighted by Gasteiger charge is 2.36. The quantitative estimate of drug-likeness (QED) is 0.339. The summed E-state index contributed by atoms with van der Waals surface area (Å²) in [5, 5.41) is 4.56. The summed E-state index contributed by atoms with van der Waals surface area (Å²) in [7, 11) is 0. The molecule has 0 aromatic rings. The van der Waals surface area contributed by atoms with Gasteiger partial charge in [0.25, 0.3) is 0 Å². The zero-order valence-electron chi connectivity index (χ0n) is 14.7. The SMILES string of the molecule is CCCCC(CC)COC(=O)OOOC(C)(C)C(C)(C)C. The van der Waals surface area contributed by atoms with Gasteiger partial charge < -0.3 is 4.74 Å². The standard InChI is InChI=1S/C16H32O5/c1-8-10-11-13(9-2)12-18-14(17)19-21-20-16(6,7)15(3,4)5/h13H,8-12H2,1-7H3. The van der Waals surface area contributed by atoms with E-state index >= 15 is 0 Å². The van der Waals surface area contributed by atoms with Crippen LogP contribution in [-0.4, -0.2) is 18.4 Å². The lowest BCUT2D eigenvalue weighted by Gasteiger charge is -2.35. The smallest absolute Gasteiger partial charge is 0.432 e. The molecule has 21 heavy (non-hydrogen) atoms. The second kappa shape index (κ2) is 9.26. The van der Waals surface area contributed by atoms with Crippen molar-refractivity contribution in [1.29, 1.82) is 0 Å². The van der Waals surface area contributed by atoms with Gasteiger partial charge in [0.1, 0.15) is 5.60 Å². The molecule has 126 valence electrons. The summed E-state index contributed by atoms with van der Waals surface area (Å²) in [5.74, 6) is 0.365. The molecule has 5 heteroatoms. The molecule has 0 spiro atoms. The molecule has 0 bridgehead atoms. The van der Waals surface area contributed by atoms with E-state index in [9.17, 15) is 4.79 Å². The van der Waals surface area contributed by atoms with Gasteiger partial charge in [-0.3, -0.25) is 0 Å². The normalized spacial score (nSPS) is 13.9. The summed E-state index contributed by atoms with van der Waals surface area (Å²) < 4.78 is 5.03. The van der Waals surface area contributed by atoms with Gasteiger partial charge in [-0.1, -0.05) is 53.9 Å². The summed E-state index contributed by atoms with van der Waals surface area (Å²) in [6, 6.07) is 0. The molecule has 0 radical (unpaired) electrons. The Balaban J connectivity index is 3.95. The largest absolute Gasteiger partial charge is 0.542 e. The first-order chi connectivity index (χ1) is 9.64. The number of carbonyl (C=O) groups is 1. The van der Waals surface area contributed by atoms with Crippen molar-refractivity contribution in [2.75, 3.05) is 6.61 Å². The van der Waals surface area contributed by atoms with Gasteiger partial charge in [0.2, 0.25) is 0 Å². The Morgan fingerprint density at radius 3 is 2.19 bits per heavy atom. The van der Waals surface area contributed by atoms with Gasteiger partial charge in [0.05, 0.1) is 6.61 Å². The first-order valence-electron chi connectivity index (χ1n) is 7.83. The molecule has 0 aliphatic heterocycles. The van der Waals surface area contributed by atoms with Crippen LogP contribution in [0.1, 0.15) is 74.1 Å². The summed E-state index contributed by atoms with van der Waals surface area (Å²) in [6.45, 7) is 14.3. The number of hydrogen-bond donors (Lipinski definition) is 0. The van der Waals surface area contributed by atoms with E-state index in [4.69, 9.17) is 9.62 Å². The maximum atomic E-state index is 11.4. The van der Waals surface area contributed by atoms with Crippen LogP contribution in [0.3, 0.4) is 0 Å². The van der Waals surface area contributed by atoms with Crippen molar-refractivity contribution >= 4 is 6.16 Å². The number of ether oxygens (including phenoxy) is 1. The number of hydrogen-bond acceptors (Lipinski definition) is 5. The van der Waals surface area contributed by atoms with E-state index in [1.807, 2.05) is 34.6 Å². The minimum Gasteiger partial charge on any atom is -0.432 e. The Morgan fingerprint density at radius 1 is 1.10 bits per heavy atom. The molecule has 5 nitrogen and oxygen atoms in total. The first kappa shape index (κ1) is 20.2. The average Bonchev–Trinajstić information content (AvgIpc) is 2.37. The summed E-state index contributed by atoms with van der Waals surface area (Å²) in [6.07, 6.45) is 3.43. The van der Waals surface area contributed by atoms with Crippen molar-refractivity contribution < 1.29 is 24.3 Å². The molecule has 0 aromatic heterocycles. The highest BCUT2D eigenvalue weighted by molar-refractivity contribution is 5.58. The molecule has 0 heterocycles. The Kier molecular flexibility index (Phi) is 8.90. The van der Waals surface area contributed by atoms with E-state index in [2.05, 4.69) is 23.8 Å². The predicted molar refractivity (Wildman–Crippen MR) is 81.4 cm³/mol. The van der Waals surface area contributed by atoms with E-state index in [1.54, 1.807) is 0 Å². The fraction of sp³-hybridized carbons (Fsp3) is 0.938. The zero-order valence-corrected chi connectivity index (χ0v) is 14.7. The van der Waals surface area contributed by atoms with Crippen LogP contribution in [0.4, 0.5) is 4.79 Å². The Morgan fingerprint density at radius 2 is 1.71 bits per heavy atom. The molecule has 1 unspecified atom stereocenters. The molecule has 0 fully saturated rings. The molecule has 0 aromatic carbocycles. The van der Waals surface area contributed by atoms with Crippen molar-refractivity contribution in [1.82, 2.24) is 0 Å². The van der Waals surface area contributed by atoms with Crippen LogP contribution >= 0.6 is 0 Å². The van der Waals surface area contributed by atoms with E-state index in [-0.39, 0.29) is 5.41 Å². The van der Waals surface area contributed by atoms with E-state index < -0.39 is 11.8 Å². The highest BCUT2D eigenvalue weighted by atomic mass is 17.5. The predicted octanol–water partition coefficient (Wildman–Crippen LogP) is 5.04. The van der Waals surface area contributed by atoms with Gasteiger partial charge in [-0.2, -0.15) is 4.89 Å². The highest BCUT2D eigenvalue weighted by Crippen LogP contribution is 2.33. The van der Waals surface area contributed by atoms with Crippen LogP contribution in [-0.2, 0) is 19.6 Å². The molecule has 0 aliphatic carbocycles. The molecule has 0 N–H and O–H groups in total. The van der Waals surface area contributed by atoms with Crippen LogP contribution in [0, 0.1) is 11.3 Å². The molecule has 0 aliphatic rings. The van der Waals surface area contributed by atoms with E-state index in [1.165, 1.54) is 0 Å². The van der Waals surface area contributed by atoms with Crippen molar-refractivity contribution in [3.63, 3.8) is 0 Å². The van der Waals surface area contributed by atoms with Gasteiger partial charge in [0, 0.05) is 0 Å². The third-order valence-corrected chi connectivity index (χ3v) is 4.13. The molecule has 0 saturated carbocycles. The summed E-state index contributed by atoms with van der Waals surface area (Å²) in [4.78, 5) is 21.1. The minimum absolute atomic E-state index is 0.159. The van der Waals surface area contributed by atoms with Crippen LogP contribution in [0.25, 0.3) is 0 Å². The average molecular weight is 304 g/mol. The number of carbonyl (C=O) groups excluding carboxylic acids is 1. The third-order valence-electron chi connectivity index (χ3n) is 4.13. The fourth-order valence-electron chi connectivity index (χ4n) is 1.36. The lowest BCUT2D eigenvalue weighted by molar-refractivity contribution is -0.525. The van der Waals surface area contributed by atoms with Crippen molar-refractivity contribution in [2.45, 2.75) is 79.8 Å². The monoisotopic (exact) mass is 304 g/mol. The lowest BCUT2D eigenvalue weighted by atomic mass is 9.79. The Hall–Kier alpha value is -0.810. The van der Waals surface area contributed by atoms with Crippen molar-refractivity contribution in [3.8, 4) is 0 Å². The first-order valence-corrected chi connectivity index (χ1v) is 7.83. The second-order valence-corrected chi connectivity index (χ2v) is 6.97. The van der Waals surface area contributed by atoms with Crippen molar-refractivity contribution in [2.24, 2.45) is 11.3 Å². The Labute approximate surface area is 129 Å². The maximum absolute atomic E-state index is 11.4.